The maximum Gasteiger partial charge on any atom is 0.341 e. The van der Waals surface area contributed by atoms with Crippen molar-refractivity contribution in [3.63, 3.8) is 0 Å². The predicted octanol–water partition coefficient (Wildman–Crippen LogP) is 1.68. The number of hydrogen-bond acceptors (Lipinski definition) is 3. The largest absolute Gasteiger partial charge is 0.482 e. The fraction of sp³-hybridized carbons (Fsp3) is 0.385. The molecule has 2 rings (SSSR count). The summed E-state index contributed by atoms with van der Waals surface area (Å²) in [5.74, 6) is -0.0149. The number of amides is 2. The van der Waals surface area contributed by atoms with E-state index in [0.29, 0.717) is 23.9 Å². The number of carboxylic acid groups (broad SMARTS) is 1. The van der Waals surface area contributed by atoms with Gasteiger partial charge in [0.05, 0.1) is 0 Å². The van der Waals surface area contributed by atoms with Crippen molar-refractivity contribution in [1.29, 1.82) is 0 Å². The molecule has 0 heterocycles. The smallest absolute Gasteiger partial charge is 0.341 e. The average molecular weight is 264 g/mol. The fourth-order valence-electron chi connectivity index (χ4n) is 1.54. The normalized spacial score (nSPS) is 13.7. The molecule has 0 bridgehead atoms. The second kappa shape index (κ2) is 6.08. The Morgan fingerprint density at radius 1 is 1.37 bits per heavy atom. The van der Waals surface area contributed by atoms with E-state index in [9.17, 15) is 9.59 Å². The van der Waals surface area contributed by atoms with E-state index in [0.717, 1.165) is 0 Å². The van der Waals surface area contributed by atoms with Crippen molar-refractivity contribution in [2.75, 3.05) is 18.5 Å². The van der Waals surface area contributed by atoms with Crippen LogP contribution >= 0.6 is 0 Å². The Labute approximate surface area is 110 Å². The summed E-state index contributed by atoms with van der Waals surface area (Å²) in [5, 5.41) is 14.0. The fourth-order valence-corrected chi connectivity index (χ4v) is 1.54. The van der Waals surface area contributed by atoms with Crippen LogP contribution in [-0.2, 0) is 4.79 Å². The third-order valence-corrected chi connectivity index (χ3v) is 2.70. The summed E-state index contributed by atoms with van der Waals surface area (Å²) < 4.78 is 5.03. The van der Waals surface area contributed by atoms with E-state index in [2.05, 4.69) is 10.6 Å². The highest BCUT2D eigenvalue weighted by molar-refractivity contribution is 5.89. The third-order valence-electron chi connectivity index (χ3n) is 2.70. The molecule has 1 saturated carbocycles. The molecule has 1 aliphatic carbocycles. The minimum atomic E-state index is -1.04. The molecule has 6 heteroatoms. The van der Waals surface area contributed by atoms with E-state index in [1.54, 1.807) is 24.3 Å². The summed E-state index contributed by atoms with van der Waals surface area (Å²) >= 11 is 0. The maximum atomic E-state index is 11.6. The molecule has 0 aromatic heterocycles. The summed E-state index contributed by atoms with van der Waals surface area (Å²) in [4.78, 5) is 22.0. The van der Waals surface area contributed by atoms with E-state index in [-0.39, 0.29) is 6.03 Å². The minimum Gasteiger partial charge on any atom is -0.482 e. The molecule has 0 spiro atoms. The molecule has 6 nitrogen and oxygen atoms in total. The van der Waals surface area contributed by atoms with Crippen molar-refractivity contribution in [2.45, 2.75) is 12.8 Å². The number of anilines is 1. The SMILES string of the molecule is O=C(O)COc1cccc(NC(=O)NCC2CC2)c1. The lowest BCUT2D eigenvalue weighted by Gasteiger charge is -2.09. The molecule has 0 saturated heterocycles. The van der Waals surface area contributed by atoms with Crippen LogP contribution in [0.15, 0.2) is 24.3 Å². The molecule has 0 aliphatic heterocycles. The molecule has 2 amide bonds. The number of urea groups is 1. The number of rotatable bonds is 6. The molecule has 1 aliphatic rings. The number of nitrogens with one attached hydrogen (secondary N) is 2. The van der Waals surface area contributed by atoms with Gasteiger partial charge in [-0.05, 0) is 30.9 Å². The number of benzene rings is 1. The van der Waals surface area contributed by atoms with Gasteiger partial charge in [-0.1, -0.05) is 6.07 Å². The van der Waals surface area contributed by atoms with Crippen molar-refractivity contribution in [3.8, 4) is 5.75 Å². The first kappa shape index (κ1) is 13.2. The standard InChI is InChI=1S/C13H16N2O4/c16-12(17)8-19-11-3-1-2-10(6-11)15-13(18)14-7-9-4-5-9/h1-3,6,9H,4-5,7-8H2,(H,16,17)(H2,14,15,18). The minimum absolute atomic E-state index is 0.262. The van der Waals surface area contributed by atoms with Crippen LogP contribution in [0.1, 0.15) is 12.8 Å². The topological polar surface area (TPSA) is 87.7 Å². The van der Waals surface area contributed by atoms with Crippen LogP contribution < -0.4 is 15.4 Å². The lowest BCUT2D eigenvalue weighted by Crippen LogP contribution is -2.30. The second-order valence-electron chi connectivity index (χ2n) is 4.49. The van der Waals surface area contributed by atoms with Gasteiger partial charge in [0.1, 0.15) is 5.75 Å². The molecule has 0 radical (unpaired) electrons. The molecule has 0 unspecified atom stereocenters. The zero-order valence-electron chi connectivity index (χ0n) is 10.4. The molecule has 1 aromatic carbocycles. The number of carboxylic acids is 1. The van der Waals surface area contributed by atoms with Gasteiger partial charge in [-0.2, -0.15) is 0 Å². The molecule has 0 atom stereocenters. The van der Waals surface area contributed by atoms with E-state index >= 15 is 0 Å². The van der Waals surface area contributed by atoms with Crippen molar-refractivity contribution in [1.82, 2.24) is 5.32 Å². The maximum absolute atomic E-state index is 11.6. The van der Waals surface area contributed by atoms with Gasteiger partial charge >= 0.3 is 12.0 Å². The Bertz CT molecular complexity index is 471. The summed E-state index contributed by atoms with van der Waals surface area (Å²) in [6.45, 7) is 0.290. The van der Waals surface area contributed by atoms with Crippen LogP contribution in [-0.4, -0.2) is 30.3 Å². The molecular weight excluding hydrogens is 248 g/mol. The van der Waals surface area contributed by atoms with Crippen LogP contribution in [0.25, 0.3) is 0 Å². The summed E-state index contributed by atoms with van der Waals surface area (Å²) in [5.41, 5.74) is 0.566. The van der Waals surface area contributed by atoms with Gasteiger partial charge in [-0.25, -0.2) is 9.59 Å². The lowest BCUT2D eigenvalue weighted by molar-refractivity contribution is -0.139. The number of carbonyl (C=O) groups excluding carboxylic acids is 1. The van der Waals surface area contributed by atoms with Gasteiger partial charge in [0, 0.05) is 18.3 Å². The van der Waals surface area contributed by atoms with Gasteiger partial charge in [0.2, 0.25) is 0 Å². The van der Waals surface area contributed by atoms with Crippen LogP contribution in [0.2, 0.25) is 0 Å². The van der Waals surface area contributed by atoms with Gasteiger partial charge in [0.15, 0.2) is 6.61 Å². The van der Waals surface area contributed by atoms with Crippen LogP contribution in [0.3, 0.4) is 0 Å². The highest BCUT2D eigenvalue weighted by atomic mass is 16.5. The van der Waals surface area contributed by atoms with E-state index in [1.165, 1.54) is 12.8 Å². The molecule has 3 N–H and O–H groups in total. The Kier molecular flexibility index (Phi) is 4.22. The first-order valence-corrected chi connectivity index (χ1v) is 6.13. The average Bonchev–Trinajstić information content (AvgIpc) is 3.18. The number of ether oxygens (including phenoxy) is 1. The van der Waals surface area contributed by atoms with Crippen LogP contribution in [0.5, 0.6) is 5.75 Å². The van der Waals surface area contributed by atoms with Crippen molar-refractivity contribution in [2.24, 2.45) is 5.92 Å². The van der Waals surface area contributed by atoms with E-state index in [1.807, 2.05) is 0 Å². The molecule has 19 heavy (non-hydrogen) atoms. The number of carbonyl (C=O) groups is 2. The Balaban J connectivity index is 1.82. The monoisotopic (exact) mass is 264 g/mol. The lowest BCUT2D eigenvalue weighted by atomic mass is 10.3. The Hall–Kier alpha value is -2.24. The number of aliphatic carboxylic acids is 1. The predicted molar refractivity (Wildman–Crippen MR) is 69.3 cm³/mol. The third kappa shape index (κ3) is 4.87. The van der Waals surface area contributed by atoms with Crippen molar-refractivity contribution in [3.05, 3.63) is 24.3 Å². The Morgan fingerprint density at radius 2 is 2.16 bits per heavy atom. The molecule has 1 fully saturated rings. The zero-order chi connectivity index (χ0) is 13.7. The van der Waals surface area contributed by atoms with Crippen LogP contribution in [0, 0.1) is 5.92 Å². The quantitative estimate of drug-likeness (QED) is 0.729. The van der Waals surface area contributed by atoms with E-state index < -0.39 is 12.6 Å². The highest BCUT2D eigenvalue weighted by Crippen LogP contribution is 2.27. The van der Waals surface area contributed by atoms with Gasteiger partial charge in [0.25, 0.3) is 0 Å². The molecule has 102 valence electrons. The van der Waals surface area contributed by atoms with Crippen LogP contribution in [0.4, 0.5) is 10.5 Å². The Morgan fingerprint density at radius 3 is 2.84 bits per heavy atom. The molecular formula is C13H16N2O4. The van der Waals surface area contributed by atoms with Crippen molar-refractivity contribution >= 4 is 17.7 Å². The van der Waals surface area contributed by atoms with E-state index in [4.69, 9.17) is 9.84 Å². The zero-order valence-corrected chi connectivity index (χ0v) is 10.4. The number of hydrogen-bond donors (Lipinski definition) is 3. The highest BCUT2D eigenvalue weighted by Gasteiger charge is 2.21. The first-order valence-electron chi connectivity index (χ1n) is 6.13. The summed E-state index contributed by atoms with van der Waals surface area (Å²) in [7, 11) is 0. The van der Waals surface area contributed by atoms with Gasteiger partial charge in [-0.15, -0.1) is 0 Å². The van der Waals surface area contributed by atoms with Crippen molar-refractivity contribution < 1.29 is 19.4 Å². The second-order valence-corrected chi connectivity index (χ2v) is 4.49. The first-order chi connectivity index (χ1) is 9.13. The summed E-state index contributed by atoms with van der Waals surface area (Å²) in [6, 6.07) is 6.36. The molecule has 1 aromatic rings. The van der Waals surface area contributed by atoms with Gasteiger partial charge in [-0.3, -0.25) is 0 Å². The summed E-state index contributed by atoms with van der Waals surface area (Å²) in [6.07, 6.45) is 2.36. The van der Waals surface area contributed by atoms with Gasteiger partial charge < -0.3 is 20.5 Å².